The van der Waals surface area contributed by atoms with E-state index in [2.05, 4.69) is 10.4 Å². The van der Waals surface area contributed by atoms with E-state index in [4.69, 9.17) is 21.3 Å². The summed E-state index contributed by atoms with van der Waals surface area (Å²) >= 11 is 7.38. The van der Waals surface area contributed by atoms with Crippen LogP contribution in [0.4, 0.5) is 5.82 Å². The lowest BCUT2D eigenvalue weighted by atomic mass is 10.1. The second kappa shape index (κ2) is 9.32. The number of aryl methyl sites for hydroxylation is 1. The summed E-state index contributed by atoms with van der Waals surface area (Å²) in [5.74, 6) is 1.28. The lowest BCUT2D eigenvalue weighted by Gasteiger charge is -2.07. The average Bonchev–Trinajstić information content (AvgIpc) is 3.37. The van der Waals surface area contributed by atoms with E-state index in [0.29, 0.717) is 22.6 Å². The van der Waals surface area contributed by atoms with Gasteiger partial charge in [-0.1, -0.05) is 23.7 Å². The van der Waals surface area contributed by atoms with E-state index >= 15 is 0 Å². The van der Waals surface area contributed by atoms with Crippen molar-refractivity contribution in [1.29, 1.82) is 0 Å². The number of carbonyl (C=O) groups is 1. The van der Waals surface area contributed by atoms with Gasteiger partial charge in [0, 0.05) is 22.0 Å². The molecule has 2 aromatic heterocycles. The van der Waals surface area contributed by atoms with Gasteiger partial charge in [-0.25, -0.2) is 4.98 Å². The van der Waals surface area contributed by atoms with Crippen LogP contribution < -0.4 is 10.1 Å². The third-order valence-corrected chi connectivity index (χ3v) is 5.58. The van der Waals surface area contributed by atoms with Gasteiger partial charge >= 0.3 is 0 Å². The molecule has 6 nitrogen and oxygen atoms in total. The first-order valence-electron chi connectivity index (χ1n) is 9.82. The molecule has 0 saturated heterocycles. The van der Waals surface area contributed by atoms with Gasteiger partial charge in [0.05, 0.1) is 24.4 Å². The quantitative estimate of drug-likeness (QED) is 0.400. The Labute approximate surface area is 189 Å². The van der Waals surface area contributed by atoms with Gasteiger partial charge in [0.2, 0.25) is 11.0 Å². The minimum Gasteiger partial charge on any atom is -0.494 e. The van der Waals surface area contributed by atoms with Gasteiger partial charge in [-0.2, -0.15) is 9.78 Å². The van der Waals surface area contributed by atoms with Crippen LogP contribution in [0.2, 0.25) is 5.02 Å². The highest BCUT2D eigenvalue weighted by molar-refractivity contribution is 7.12. The van der Waals surface area contributed by atoms with Gasteiger partial charge in [0.15, 0.2) is 0 Å². The van der Waals surface area contributed by atoms with Crippen molar-refractivity contribution in [2.75, 3.05) is 11.9 Å². The van der Waals surface area contributed by atoms with Gasteiger partial charge in [0.25, 0.3) is 0 Å². The normalized spacial score (nSPS) is 10.8. The maximum Gasteiger partial charge on any atom is 0.229 e. The first-order valence-corrected chi connectivity index (χ1v) is 11.1. The van der Waals surface area contributed by atoms with Crippen LogP contribution in [0.5, 0.6) is 5.75 Å². The van der Waals surface area contributed by atoms with Crippen molar-refractivity contribution in [2.24, 2.45) is 0 Å². The summed E-state index contributed by atoms with van der Waals surface area (Å²) in [5, 5.41) is 10.7. The fraction of sp³-hybridized carbons (Fsp3) is 0.174. The Morgan fingerprint density at radius 1 is 1.16 bits per heavy atom. The molecular weight excluding hydrogens is 432 g/mol. The van der Waals surface area contributed by atoms with Crippen LogP contribution in [0.15, 0.2) is 60.0 Å². The maximum absolute atomic E-state index is 12.6. The maximum atomic E-state index is 12.6. The number of carbonyl (C=O) groups excluding carboxylic acids is 1. The molecule has 0 atom stereocenters. The predicted molar refractivity (Wildman–Crippen MR) is 124 cm³/mol. The molecule has 2 heterocycles. The highest BCUT2D eigenvalue weighted by atomic mass is 35.5. The van der Waals surface area contributed by atoms with Gasteiger partial charge in [-0.05, 0) is 55.8 Å². The van der Waals surface area contributed by atoms with E-state index in [0.717, 1.165) is 28.3 Å². The summed E-state index contributed by atoms with van der Waals surface area (Å²) in [5.41, 5.74) is 3.51. The van der Waals surface area contributed by atoms with Crippen molar-refractivity contribution in [3.63, 3.8) is 0 Å². The molecule has 0 radical (unpaired) electrons. The van der Waals surface area contributed by atoms with Crippen LogP contribution in [-0.4, -0.2) is 27.3 Å². The number of ether oxygens (including phenoxy) is 1. The van der Waals surface area contributed by atoms with Gasteiger partial charge < -0.3 is 10.1 Å². The molecular formula is C23H21ClN4O2S. The highest BCUT2D eigenvalue weighted by Gasteiger charge is 2.15. The Hall–Kier alpha value is -3.16. The summed E-state index contributed by atoms with van der Waals surface area (Å²) in [4.78, 5) is 17.3. The summed E-state index contributed by atoms with van der Waals surface area (Å²) in [6.45, 7) is 4.47. The van der Waals surface area contributed by atoms with Crippen LogP contribution in [0.1, 0.15) is 18.2 Å². The molecule has 0 fully saturated rings. The van der Waals surface area contributed by atoms with Crippen molar-refractivity contribution in [1.82, 2.24) is 14.8 Å². The zero-order chi connectivity index (χ0) is 21.8. The number of thiazole rings is 1. The number of aromatic nitrogens is 3. The van der Waals surface area contributed by atoms with E-state index in [1.165, 1.54) is 11.3 Å². The van der Waals surface area contributed by atoms with Crippen molar-refractivity contribution in [3.05, 3.63) is 76.3 Å². The number of rotatable bonds is 7. The standard InChI is InChI=1S/C23H21ClN4O2S/c1-3-30-19-10-6-17(7-11-19)20-14-31-23(25-20)28-21(12-15(2)27-28)26-22(29)13-16-4-8-18(24)9-5-16/h4-12,14H,3,13H2,1-2H3,(H,26,29). The van der Waals surface area contributed by atoms with E-state index < -0.39 is 0 Å². The van der Waals surface area contributed by atoms with Crippen LogP contribution in [0, 0.1) is 6.92 Å². The molecule has 31 heavy (non-hydrogen) atoms. The number of nitrogens with zero attached hydrogens (tertiary/aromatic N) is 3. The van der Waals surface area contributed by atoms with Crippen LogP contribution >= 0.6 is 22.9 Å². The lowest BCUT2D eigenvalue weighted by Crippen LogP contribution is -2.17. The topological polar surface area (TPSA) is 69.0 Å². The second-order valence-electron chi connectivity index (χ2n) is 6.91. The highest BCUT2D eigenvalue weighted by Crippen LogP contribution is 2.27. The molecule has 0 saturated carbocycles. The third kappa shape index (κ3) is 5.13. The first-order chi connectivity index (χ1) is 15.0. The Balaban J connectivity index is 1.52. The van der Waals surface area contributed by atoms with Crippen molar-refractivity contribution in [2.45, 2.75) is 20.3 Å². The smallest absolute Gasteiger partial charge is 0.229 e. The third-order valence-electron chi connectivity index (χ3n) is 4.51. The zero-order valence-corrected chi connectivity index (χ0v) is 18.7. The molecule has 1 N–H and O–H groups in total. The second-order valence-corrected chi connectivity index (χ2v) is 8.18. The average molecular weight is 453 g/mol. The number of benzene rings is 2. The molecule has 0 aliphatic heterocycles. The fourth-order valence-electron chi connectivity index (χ4n) is 3.09. The largest absolute Gasteiger partial charge is 0.494 e. The molecule has 1 amide bonds. The molecule has 0 unspecified atom stereocenters. The van der Waals surface area contributed by atoms with Gasteiger partial charge in [-0.15, -0.1) is 11.3 Å². The monoisotopic (exact) mass is 452 g/mol. The number of halogens is 1. The van der Waals surface area contributed by atoms with E-state index in [9.17, 15) is 4.79 Å². The number of amides is 1. The van der Waals surface area contributed by atoms with Crippen molar-refractivity contribution in [3.8, 4) is 22.1 Å². The van der Waals surface area contributed by atoms with Crippen molar-refractivity contribution >= 4 is 34.7 Å². The summed E-state index contributed by atoms with van der Waals surface area (Å²) in [6.07, 6.45) is 0.247. The lowest BCUT2D eigenvalue weighted by molar-refractivity contribution is -0.115. The van der Waals surface area contributed by atoms with E-state index in [1.807, 2.05) is 61.7 Å². The zero-order valence-electron chi connectivity index (χ0n) is 17.1. The van der Waals surface area contributed by atoms with Crippen molar-refractivity contribution < 1.29 is 9.53 Å². The molecule has 158 valence electrons. The number of anilines is 1. The minimum atomic E-state index is -0.133. The van der Waals surface area contributed by atoms with E-state index in [-0.39, 0.29) is 12.3 Å². The van der Waals surface area contributed by atoms with Crippen LogP contribution in [0.25, 0.3) is 16.4 Å². The Kier molecular flexibility index (Phi) is 6.34. The van der Waals surface area contributed by atoms with Crippen LogP contribution in [0.3, 0.4) is 0 Å². The predicted octanol–water partition coefficient (Wildman–Crippen LogP) is 5.54. The molecule has 2 aromatic carbocycles. The van der Waals surface area contributed by atoms with Gasteiger partial charge in [0.1, 0.15) is 11.6 Å². The summed E-state index contributed by atoms with van der Waals surface area (Å²) in [6, 6.07) is 16.9. The van der Waals surface area contributed by atoms with Crippen LogP contribution in [-0.2, 0) is 11.2 Å². The fourth-order valence-corrected chi connectivity index (χ4v) is 4.01. The first kappa shape index (κ1) is 21.1. The minimum absolute atomic E-state index is 0.133. The summed E-state index contributed by atoms with van der Waals surface area (Å²) in [7, 11) is 0. The molecule has 8 heteroatoms. The Morgan fingerprint density at radius 2 is 1.90 bits per heavy atom. The number of hydrogen-bond acceptors (Lipinski definition) is 5. The molecule has 0 bridgehead atoms. The molecule has 0 spiro atoms. The molecule has 0 aliphatic carbocycles. The van der Waals surface area contributed by atoms with Gasteiger partial charge in [-0.3, -0.25) is 4.79 Å². The Bertz CT molecular complexity index is 1180. The molecule has 0 aliphatic rings. The molecule has 4 aromatic rings. The number of nitrogens with one attached hydrogen (secondary N) is 1. The SMILES string of the molecule is CCOc1ccc(-c2csc(-n3nc(C)cc3NC(=O)Cc3ccc(Cl)cc3)n2)cc1. The number of hydrogen-bond donors (Lipinski definition) is 1. The summed E-state index contributed by atoms with van der Waals surface area (Å²) < 4.78 is 7.16. The Morgan fingerprint density at radius 3 is 2.61 bits per heavy atom. The van der Waals surface area contributed by atoms with E-state index in [1.54, 1.807) is 16.8 Å². The molecule has 4 rings (SSSR count).